The van der Waals surface area contributed by atoms with E-state index in [9.17, 15) is 9.59 Å². The molecule has 1 fully saturated rings. The highest BCUT2D eigenvalue weighted by molar-refractivity contribution is 9.10. The van der Waals surface area contributed by atoms with Crippen LogP contribution in [0.1, 0.15) is 67.9 Å². The molecule has 1 aromatic heterocycles. The van der Waals surface area contributed by atoms with Gasteiger partial charge in [-0.25, -0.2) is 9.37 Å². The smallest absolute Gasteiger partial charge is 0.316 e. The fourth-order valence-corrected chi connectivity index (χ4v) is 7.17. The van der Waals surface area contributed by atoms with Crippen LogP contribution in [0.3, 0.4) is 0 Å². The van der Waals surface area contributed by atoms with Crippen LogP contribution in [0.5, 0.6) is 5.75 Å². The van der Waals surface area contributed by atoms with Gasteiger partial charge in [-0.3, -0.25) is 9.59 Å². The monoisotopic (exact) mass is 670 g/mol. The number of rotatable bonds is 6. The summed E-state index contributed by atoms with van der Waals surface area (Å²) in [6.07, 6.45) is 3.61. The summed E-state index contributed by atoms with van der Waals surface area (Å²) in [4.78, 5) is 33.2. The molecule has 0 radical (unpaired) electrons. The van der Waals surface area contributed by atoms with E-state index in [1.165, 1.54) is 13.2 Å². The van der Waals surface area contributed by atoms with Gasteiger partial charge >= 0.3 is 5.97 Å². The predicted molar refractivity (Wildman–Crippen MR) is 177 cm³/mol. The molecule has 0 aliphatic heterocycles. The number of halogens is 2. The zero-order chi connectivity index (χ0) is 32.1. The molecule has 0 saturated heterocycles. The van der Waals surface area contributed by atoms with Gasteiger partial charge in [-0.2, -0.15) is 0 Å². The number of pyridine rings is 1. The second-order valence-corrected chi connectivity index (χ2v) is 14.0. The Kier molecular flexibility index (Phi) is 7.84. The Labute approximate surface area is 271 Å². The topological polar surface area (TPSA) is 77.5 Å². The molecule has 45 heavy (non-hydrogen) atoms. The van der Waals surface area contributed by atoms with E-state index in [0.717, 1.165) is 21.3 Å². The second-order valence-electron chi connectivity index (χ2n) is 13.1. The minimum atomic E-state index is -0.947. The van der Waals surface area contributed by atoms with Crippen LogP contribution in [0.25, 0.3) is 27.7 Å². The Morgan fingerprint density at radius 1 is 0.978 bits per heavy atom. The number of methoxy groups -OCH3 is 1. The van der Waals surface area contributed by atoms with Crippen molar-refractivity contribution in [3.8, 4) is 17.0 Å². The van der Waals surface area contributed by atoms with Gasteiger partial charge in [0, 0.05) is 15.4 Å². The molecule has 7 rings (SSSR count). The summed E-state index contributed by atoms with van der Waals surface area (Å²) in [5, 5.41) is 4.08. The first kappa shape index (κ1) is 31.0. The van der Waals surface area contributed by atoms with Crippen LogP contribution < -0.4 is 10.1 Å². The van der Waals surface area contributed by atoms with Crippen LogP contribution in [0, 0.1) is 18.2 Å². The van der Waals surface area contributed by atoms with Gasteiger partial charge in [0.2, 0.25) is 0 Å². The molecule has 232 valence electrons. The van der Waals surface area contributed by atoms with Crippen molar-refractivity contribution in [2.45, 2.75) is 64.5 Å². The van der Waals surface area contributed by atoms with E-state index in [1.807, 2.05) is 82.3 Å². The second kappa shape index (κ2) is 11.4. The van der Waals surface area contributed by atoms with Crippen molar-refractivity contribution in [2.24, 2.45) is 5.41 Å². The zero-order valence-corrected chi connectivity index (χ0v) is 27.7. The summed E-state index contributed by atoms with van der Waals surface area (Å²) in [6, 6.07) is 20.2. The third kappa shape index (κ3) is 5.54. The number of benzene rings is 3. The lowest BCUT2D eigenvalue weighted by Gasteiger charge is -2.52. The molecule has 0 unspecified atom stereocenters. The molecule has 0 atom stereocenters. The minimum Gasteiger partial charge on any atom is -0.496 e. The first-order valence-corrected chi connectivity index (χ1v) is 15.9. The average Bonchev–Trinajstić information content (AvgIpc) is 3.00. The van der Waals surface area contributed by atoms with E-state index < -0.39 is 22.4 Å². The number of esters is 1. The fourth-order valence-electron chi connectivity index (χ4n) is 6.81. The number of hydrogen-bond acceptors (Lipinski definition) is 5. The standard InChI is InChI=1S/C37H36BrFN2O4/c1-22-30(25-20-24(38)14-15-28(25)40-32(22)23-10-7-6-8-11-23)33(42)41-37-18-16-36(17-19-37,34(43)45-35(2,3)4)21-26(37)31-27(39)12-9-13-29(31)44-5/h6-15,20-21H,16-19H2,1-5H3,(H,41,42). The van der Waals surface area contributed by atoms with E-state index in [2.05, 4.69) is 21.2 Å². The Hall–Kier alpha value is -4.04. The van der Waals surface area contributed by atoms with Gasteiger partial charge in [0.25, 0.3) is 5.91 Å². The molecule has 1 amide bonds. The quantitative estimate of drug-likeness (QED) is 0.208. The van der Waals surface area contributed by atoms with Crippen molar-refractivity contribution < 1.29 is 23.5 Å². The van der Waals surface area contributed by atoms with Crippen LogP contribution in [-0.2, 0) is 9.53 Å². The molecule has 0 spiro atoms. The van der Waals surface area contributed by atoms with Crippen molar-refractivity contribution in [1.82, 2.24) is 10.3 Å². The lowest BCUT2D eigenvalue weighted by atomic mass is 9.57. The molecular weight excluding hydrogens is 635 g/mol. The average molecular weight is 672 g/mol. The highest BCUT2D eigenvalue weighted by Crippen LogP contribution is 2.56. The molecule has 3 aliphatic carbocycles. The molecule has 2 bridgehead atoms. The van der Waals surface area contributed by atoms with E-state index in [0.29, 0.717) is 53.5 Å². The molecule has 1 N–H and O–H groups in total. The van der Waals surface area contributed by atoms with Crippen molar-refractivity contribution in [1.29, 1.82) is 0 Å². The van der Waals surface area contributed by atoms with Crippen LogP contribution in [0.4, 0.5) is 4.39 Å². The maximum Gasteiger partial charge on any atom is 0.316 e. The van der Waals surface area contributed by atoms with Gasteiger partial charge in [-0.05, 0) is 94.8 Å². The van der Waals surface area contributed by atoms with Crippen LogP contribution in [0.2, 0.25) is 0 Å². The van der Waals surface area contributed by atoms with E-state index >= 15 is 4.39 Å². The first-order chi connectivity index (χ1) is 21.4. The summed E-state index contributed by atoms with van der Waals surface area (Å²) >= 11 is 3.57. The molecule has 1 heterocycles. The third-order valence-corrected chi connectivity index (χ3v) is 9.51. The fraction of sp³-hybridized carbons (Fsp3) is 0.324. The Balaban J connectivity index is 1.51. The largest absolute Gasteiger partial charge is 0.496 e. The summed E-state index contributed by atoms with van der Waals surface area (Å²) in [7, 11) is 1.49. The minimum absolute atomic E-state index is 0.247. The number of aromatic nitrogens is 1. The molecule has 6 nitrogen and oxygen atoms in total. The normalized spacial score (nSPS) is 20.9. The van der Waals surface area contributed by atoms with Crippen LogP contribution in [-0.4, -0.2) is 35.1 Å². The van der Waals surface area contributed by atoms with Gasteiger partial charge in [0.05, 0.1) is 40.4 Å². The summed E-state index contributed by atoms with van der Waals surface area (Å²) in [5.74, 6) is -0.775. The molecular formula is C37H36BrFN2O4. The summed E-state index contributed by atoms with van der Waals surface area (Å²) in [6.45, 7) is 7.43. The van der Waals surface area contributed by atoms with Crippen molar-refractivity contribution >= 4 is 44.3 Å². The van der Waals surface area contributed by atoms with Crippen molar-refractivity contribution in [3.05, 3.63) is 99.8 Å². The number of nitrogens with one attached hydrogen (secondary N) is 1. The Morgan fingerprint density at radius 3 is 2.36 bits per heavy atom. The maximum absolute atomic E-state index is 15.8. The molecule has 4 aromatic rings. The Bertz CT molecular complexity index is 1850. The maximum atomic E-state index is 15.8. The molecule has 3 aliphatic rings. The molecule has 8 heteroatoms. The van der Waals surface area contributed by atoms with Gasteiger partial charge in [0.15, 0.2) is 0 Å². The summed E-state index contributed by atoms with van der Waals surface area (Å²) < 4.78 is 28.1. The number of fused-ring (bicyclic) bond motifs is 3. The van der Waals surface area contributed by atoms with Crippen LogP contribution >= 0.6 is 15.9 Å². The van der Waals surface area contributed by atoms with Crippen LogP contribution in [0.15, 0.2) is 77.3 Å². The number of ether oxygens (including phenoxy) is 2. The zero-order valence-electron chi connectivity index (χ0n) is 26.1. The van der Waals surface area contributed by atoms with Gasteiger partial charge < -0.3 is 14.8 Å². The Morgan fingerprint density at radius 2 is 1.69 bits per heavy atom. The van der Waals surface area contributed by atoms with E-state index in [4.69, 9.17) is 14.5 Å². The summed E-state index contributed by atoms with van der Waals surface area (Å²) in [5.41, 5.74) is 1.77. The SMILES string of the molecule is COc1cccc(F)c1C1=CC2(C(=O)OC(C)(C)C)CCC1(NC(=O)c1c(C)c(-c3ccccc3)nc3ccc(Br)cc13)CC2. The first-order valence-electron chi connectivity index (χ1n) is 15.1. The van der Waals surface area contributed by atoms with Gasteiger partial charge in [0.1, 0.15) is 17.2 Å². The molecule has 3 aromatic carbocycles. The number of carbonyl (C=O) groups is 2. The highest BCUT2D eigenvalue weighted by Gasteiger charge is 2.55. The highest BCUT2D eigenvalue weighted by atomic mass is 79.9. The van der Waals surface area contributed by atoms with Crippen molar-refractivity contribution in [2.75, 3.05) is 7.11 Å². The lowest BCUT2D eigenvalue weighted by Crippen LogP contribution is -2.58. The number of hydrogen-bond donors (Lipinski definition) is 1. The molecule has 1 saturated carbocycles. The number of amides is 1. The number of carbonyl (C=O) groups excluding carboxylic acids is 2. The number of nitrogens with zero attached hydrogens (tertiary/aromatic N) is 1. The van der Waals surface area contributed by atoms with Crippen molar-refractivity contribution in [3.63, 3.8) is 0 Å². The van der Waals surface area contributed by atoms with Gasteiger partial charge in [-0.1, -0.05) is 58.4 Å². The third-order valence-electron chi connectivity index (χ3n) is 9.02. The lowest BCUT2D eigenvalue weighted by molar-refractivity contribution is -0.167. The van der Waals surface area contributed by atoms with E-state index in [1.54, 1.807) is 12.1 Å². The van der Waals surface area contributed by atoms with Gasteiger partial charge in [-0.15, -0.1) is 0 Å². The predicted octanol–water partition coefficient (Wildman–Crippen LogP) is 8.59. The van der Waals surface area contributed by atoms with E-state index in [-0.39, 0.29) is 17.4 Å².